The molecule has 0 bridgehead atoms. The van der Waals surface area contributed by atoms with Crippen LogP contribution in [0.5, 0.6) is 0 Å². The van der Waals surface area contributed by atoms with E-state index in [2.05, 4.69) is 15.5 Å². The number of nitrogens with zero attached hydrogens (tertiary/aromatic N) is 2. The van der Waals surface area contributed by atoms with Gasteiger partial charge in [0.25, 0.3) is 5.91 Å². The number of aromatic amines is 1. The van der Waals surface area contributed by atoms with E-state index in [1.54, 1.807) is 11.9 Å². The number of aromatic nitrogens is 2. The Hall–Kier alpha value is -3.48. The average molecular weight is 437 g/mol. The van der Waals surface area contributed by atoms with Crippen molar-refractivity contribution in [2.24, 2.45) is 5.92 Å². The van der Waals surface area contributed by atoms with Crippen molar-refractivity contribution in [2.45, 2.75) is 32.7 Å². The van der Waals surface area contributed by atoms with E-state index in [0.717, 1.165) is 29.8 Å². The van der Waals surface area contributed by atoms with Crippen LogP contribution in [-0.4, -0.2) is 46.5 Å². The molecule has 0 aliphatic heterocycles. The average Bonchev–Trinajstić information content (AvgIpc) is 3.26. The van der Waals surface area contributed by atoms with Crippen LogP contribution in [0.3, 0.4) is 0 Å². The summed E-state index contributed by atoms with van der Waals surface area (Å²) in [7, 11) is 1.74. The van der Waals surface area contributed by atoms with Crippen molar-refractivity contribution in [1.29, 1.82) is 0 Å². The fraction of sp³-hybridized carbons (Fsp3) is 0.320. The second kappa shape index (κ2) is 10.7. The molecule has 1 atom stereocenters. The molecule has 32 heavy (non-hydrogen) atoms. The third-order valence-corrected chi connectivity index (χ3v) is 5.34. The molecule has 2 N–H and O–H groups in total. The number of carbonyl (C=O) groups is 2. The summed E-state index contributed by atoms with van der Waals surface area (Å²) in [6.07, 6.45) is 1.52. The molecule has 0 spiro atoms. The summed E-state index contributed by atoms with van der Waals surface area (Å²) in [5, 5.41) is 10.2. The molecule has 6 nitrogen and oxygen atoms in total. The van der Waals surface area contributed by atoms with Gasteiger partial charge in [-0.3, -0.25) is 14.7 Å². The van der Waals surface area contributed by atoms with Crippen LogP contribution >= 0.6 is 0 Å². The van der Waals surface area contributed by atoms with Crippen LogP contribution in [0.1, 0.15) is 36.3 Å². The number of rotatable bonds is 9. The van der Waals surface area contributed by atoms with Crippen molar-refractivity contribution in [3.05, 3.63) is 77.7 Å². The van der Waals surface area contributed by atoms with Crippen molar-refractivity contribution in [3.63, 3.8) is 0 Å². The second-order valence-corrected chi connectivity index (χ2v) is 8.21. The topological polar surface area (TPSA) is 78.1 Å². The lowest BCUT2D eigenvalue weighted by Gasteiger charge is -2.27. The number of carbonyl (C=O) groups excluding carboxylic acids is 2. The van der Waals surface area contributed by atoms with Gasteiger partial charge in [-0.25, -0.2) is 4.39 Å². The molecule has 0 fully saturated rings. The second-order valence-electron chi connectivity index (χ2n) is 8.21. The van der Waals surface area contributed by atoms with Crippen molar-refractivity contribution >= 4 is 11.8 Å². The highest BCUT2D eigenvalue weighted by Crippen LogP contribution is 2.17. The summed E-state index contributed by atoms with van der Waals surface area (Å²) in [6, 6.07) is 16.6. The van der Waals surface area contributed by atoms with E-state index in [9.17, 15) is 14.0 Å². The SMILES string of the molecule is CC(C)C(NC(=O)c1ccc(F)cc1)C(=O)N(C)CCCc1cc(-c2ccccc2)n[nH]1. The van der Waals surface area contributed by atoms with Crippen molar-refractivity contribution in [2.75, 3.05) is 13.6 Å². The van der Waals surface area contributed by atoms with Crippen LogP contribution in [0, 0.1) is 11.7 Å². The summed E-state index contributed by atoms with van der Waals surface area (Å²) >= 11 is 0. The Morgan fingerprint density at radius 2 is 1.78 bits per heavy atom. The summed E-state index contributed by atoms with van der Waals surface area (Å²) in [4.78, 5) is 27.1. The van der Waals surface area contributed by atoms with Crippen LogP contribution in [-0.2, 0) is 11.2 Å². The zero-order chi connectivity index (χ0) is 23.1. The van der Waals surface area contributed by atoms with Crippen LogP contribution in [0.4, 0.5) is 4.39 Å². The Labute approximate surface area is 187 Å². The Kier molecular flexibility index (Phi) is 7.76. The molecule has 0 aliphatic rings. The number of halogens is 1. The quantitative estimate of drug-likeness (QED) is 0.531. The fourth-order valence-electron chi connectivity index (χ4n) is 3.44. The van der Waals surface area contributed by atoms with Gasteiger partial charge < -0.3 is 10.2 Å². The minimum atomic E-state index is -0.658. The standard InChI is InChI=1S/C25H29FN4O2/c1-17(2)23(27-24(31)19-11-13-20(26)14-12-19)25(32)30(3)15-7-10-21-16-22(29-28-21)18-8-5-4-6-9-18/h4-6,8-9,11-14,16-17,23H,7,10,15H2,1-3H3,(H,27,31)(H,28,29). The van der Waals surface area contributed by atoms with Crippen LogP contribution in [0.25, 0.3) is 11.3 Å². The molecule has 0 radical (unpaired) electrons. The van der Waals surface area contributed by atoms with Crippen LogP contribution in [0.2, 0.25) is 0 Å². The zero-order valence-corrected chi connectivity index (χ0v) is 18.6. The number of benzene rings is 2. The van der Waals surface area contributed by atoms with Crippen molar-refractivity contribution < 1.29 is 14.0 Å². The largest absolute Gasteiger partial charge is 0.344 e. The van der Waals surface area contributed by atoms with Gasteiger partial charge in [-0.05, 0) is 49.1 Å². The van der Waals surface area contributed by atoms with Gasteiger partial charge in [0, 0.05) is 30.4 Å². The molecule has 3 aromatic rings. The summed E-state index contributed by atoms with van der Waals surface area (Å²) < 4.78 is 13.1. The highest BCUT2D eigenvalue weighted by Gasteiger charge is 2.27. The predicted octanol–water partition coefficient (Wildman–Crippen LogP) is 4.06. The lowest BCUT2D eigenvalue weighted by Crippen LogP contribution is -2.50. The zero-order valence-electron chi connectivity index (χ0n) is 18.6. The van der Waals surface area contributed by atoms with Crippen molar-refractivity contribution in [1.82, 2.24) is 20.4 Å². The number of hydrogen-bond acceptors (Lipinski definition) is 3. The molecule has 3 rings (SSSR count). The number of H-pyrrole nitrogens is 1. The van der Waals surface area contributed by atoms with Gasteiger partial charge in [0.05, 0.1) is 5.69 Å². The minimum Gasteiger partial charge on any atom is -0.344 e. The lowest BCUT2D eigenvalue weighted by molar-refractivity contribution is -0.133. The summed E-state index contributed by atoms with van der Waals surface area (Å²) in [5.41, 5.74) is 3.28. The Morgan fingerprint density at radius 3 is 2.44 bits per heavy atom. The maximum atomic E-state index is 13.1. The Bertz CT molecular complexity index is 1030. The maximum absolute atomic E-state index is 13.1. The van der Waals surface area contributed by atoms with E-state index < -0.39 is 17.8 Å². The molecule has 2 amide bonds. The highest BCUT2D eigenvalue weighted by atomic mass is 19.1. The van der Waals surface area contributed by atoms with E-state index in [0.29, 0.717) is 12.1 Å². The molecule has 0 aliphatic carbocycles. The van der Waals surface area contributed by atoms with Crippen LogP contribution in [0.15, 0.2) is 60.7 Å². The smallest absolute Gasteiger partial charge is 0.251 e. The molecule has 7 heteroatoms. The number of likely N-dealkylation sites (N-methyl/N-ethyl adjacent to an activating group) is 1. The van der Waals surface area contributed by atoms with Crippen molar-refractivity contribution in [3.8, 4) is 11.3 Å². The third-order valence-electron chi connectivity index (χ3n) is 5.34. The van der Waals surface area contributed by atoms with Gasteiger partial charge in [0.1, 0.15) is 11.9 Å². The number of aryl methyl sites for hydroxylation is 1. The van der Waals surface area contributed by atoms with E-state index >= 15 is 0 Å². The first-order valence-corrected chi connectivity index (χ1v) is 10.8. The first-order chi connectivity index (χ1) is 15.3. The summed E-state index contributed by atoms with van der Waals surface area (Å²) in [5.74, 6) is -1.04. The molecule has 2 aromatic carbocycles. The number of amides is 2. The normalized spacial score (nSPS) is 11.9. The summed E-state index contributed by atoms with van der Waals surface area (Å²) in [6.45, 7) is 4.32. The Morgan fingerprint density at radius 1 is 1.09 bits per heavy atom. The fourth-order valence-corrected chi connectivity index (χ4v) is 3.44. The minimum absolute atomic E-state index is 0.0876. The molecule has 0 saturated heterocycles. The first kappa shape index (κ1) is 23.2. The highest BCUT2D eigenvalue weighted by molar-refractivity contribution is 5.97. The van der Waals surface area contributed by atoms with E-state index in [4.69, 9.17) is 0 Å². The van der Waals surface area contributed by atoms with Crippen LogP contribution < -0.4 is 5.32 Å². The third kappa shape index (κ3) is 6.03. The van der Waals surface area contributed by atoms with Gasteiger partial charge in [0.2, 0.25) is 5.91 Å². The maximum Gasteiger partial charge on any atom is 0.251 e. The van der Waals surface area contributed by atoms with Gasteiger partial charge in [-0.2, -0.15) is 5.10 Å². The van der Waals surface area contributed by atoms with E-state index in [-0.39, 0.29) is 11.8 Å². The Balaban J connectivity index is 1.53. The molecule has 168 valence electrons. The molecule has 1 aromatic heterocycles. The predicted molar refractivity (Wildman–Crippen MR) is 122 cm³/mol. The molecular formula is C25H29FN4O2. The molecule has 1 unspecified atom stereocenters. The van der Waals surface area contributed by atoms with Gasteiger partial charge in [-0.1, -0.05) is 44.2 Å². The number of nitrogens with one attached hydrogen (secondary N) is 2. The first-order valence-electron chi connectivity index (χ1n) is 10.8. The molecule has 1 heterocycles. The lowest BCUT2D eigenvalue weighted by atomic mass is 10.0. The van der Waals surface area contributed by atoms with E-state index in [1.165, 1.54) is 24.3 Å². The van der Waals surface area contributed by atoms with Gasteiger partial charge in [0.15, 0.2) is 0 Å². The van der Waals surface area contributed by atoms with Gasteiger partial charge >= 0.3 is 0 Å². The van der Waals surface area contributed by atoms with E-state index in [1.807, 2.05) is 50.2 Å². The van der Waals surface area contributed by atoms with Gasteiger partial charge in [-0.15, -0.1) is 0 Å². The molecular weight excluding hydrogens is 407 g/mol. The monoisotopic (exact) mass is 436 g/mol. The number of hydrogen-bond donors (Lipinski definition) is 2. The molecule has 0 saturated carbocycles.